The number of carbonyl (C=O) groups excluding carboxylic acids is 1. The minimum absolute atomic E-state index is 0.561. The van der Waals surface area contributed by atoms with Crippen LogP contribution in [0.1, 0.15) is 0 Å². The highest BCUT2D eigenvalue weighted by Crippen LogP contribution is 2.18. The van der Waals surface area contributed by atoms with Gasteiger partial charge in [-0.25, -0.2) is 4.79 Å². The summed E-state index contributed by atoms with van der Waals surface area (Å²) in [5.74, 6) is 0. The van der Waals surface area contributed by atoms with Crippen molar-refractivity contribution in [1.29, 1.82) is 0 Å². The quantitative estimate of drug-likeness (QED) is 0.763. The van der Waals surface area contributed by atoms with E-state index in [1.165, 1.54) is 11.9 Å². The molecule has 15 heavy (non-hydrogen) atoms. The molecule has 1 N–H and O–H groups in total. The Morgan fingerprint density at radius 3 is 2.07 bits per heavy atom. The number of benzene rings is 1. The van der Waals surface area contributed by atoms with Crippen LogP contribution >= 0.6 is 0 Å². The van der Waals surface area contributed by atoms with E-state index >= 15 is 0 Å². The Kier molecular flexibility index (Phi) is 3.28. The van der Waals surface area contributed by atoms with Crippen molar-refractivity contribution in [2.75, 3.05) is 23.9 Å². The summed E-state index contributed by atoms with van der Waals surface area (Å²) >= 11 is 0. The van der Waals surface area contributed by atoms with Crippen molar-refractivity contribution in [3.05, 3.63) is 24.3 Å². The van der Waals surface area contributed by atoms with Gasteiger partial charge in [0.05, 0.1) is 0 Å². The largest absolute Gasteiger partial charge is 0.465 e. The number of amides is 2. The predicted molar refractivity (Wildman–Crippen MR) is 57.3 cm³/mol. The maximum Gasteiger partial charge on any atom is 0.411 e. The molecule has 0 atom stereocenters. The third-order valence-electron chi connectivity index (χ3n) is 2.09. The molecule has 0 aliphatic rings. The van der Waals surface area contributed by atoms with Crippen LogP contribution in [-0.2, 0) is 4.79 Å². The lowest BCUT2D eigenvalue weighted by atomic mass is 10.2. The van der Waals surface area contributed by atoms with Crippen LogP contribution in [0, 0.1) is 0 Å². The Morgan fingerprint density at radius 2 is 1.67 bits per heavy atom. The van der Waals surface area contributed by atoms with Crippen LogP contribution in [0.4, 0.5) is 16.2 Å². The van der Waals surface area contributed by atoms with Gasteiger partial charge in [-0.2, -0.15) is 0 Å². The Bertz CT molecular complexity index is 361. The summed E-state index contributed by atoms with van der Waals surface area (Å²) < 4.78 is 0. The Labute approximate surface area is 87.5 Å². The van der Waals surface area contributed by atoms with Gasteiger partial charge in [0.2, 0.25) is 6.41 Å². The van der Waals surface area contributed by atoms with E-state index in [1.807, 2.05) is 0 Å². The van der Waals surface area contributed by atoms with E-state index in [0.717, 1.165) is 4.90 Å². The fourth-order valence-corrected chi connectivity index (χ4v) is 1.08. The summed E-state index contributed by atoms with van der Waals surface area (Å²) in [6.07, 6.45) is -0.331. The number of carbonyl (C=O) groups is 2. The van der Waals surface area contributed by atoms with Crippen LogP contribution < -0.4 is 9.80 Å². The van der Waals surface area contributed by atoms with Gasteiger partial charge in [0, 0.05) is 25.5 Å². The Morgan fingerprint density at radius 1 is 1.20 bits per heavy atom. The molecule has 1 aromatic carbocycles. The third-order valence-corrected chi connectivity index (χ3v) is 2.09. The topological polar surface area (TPSA) is 60.9 Å². The zero-order valence-corrected chi connectivity index (χ0v) is 8.54. The summed E-state index contributed by atoms with van der Waals surface area (Å²) in [5, 5.41) is 8.72. The van der Waals surface area contributed by atoms with Gasteiger partial charge in [-0.05, 0) is 24.3 Å². The molecule has 0 heterocycles. The van der Waals surface area contributed by atoms with Crippen LogP contribution in [0.15, 0.2) is 24.3 Å². The van der Waals surface area contributed by atoms with Gasteiger partial charge in [-0.1, -0.05) is 0 Å². The van der Waals surface area contributed by atoms with Gasteiger partial charge in [0.1, 0.15) is 0 Å². The molecule has 0 saturated heterocycles. The van der Waals surface area contributed by atoms with Crippen LogP contribution in [0.5, 0.6) is 0 Å². The average molecular weight is 208 g/mol. The van der Waals surface area contributed by atoms with Crippen LogP contribution in [0.2, 0.25) is 0 Å². The highest BCUT2D eigenvalue weighted by molar-refractivity contribution is 5.86. The van der Waals surface area contributed by atoms with Gasteiger partial charge < -0.3 is 10.0 Å². The van der Waals surface area contributed by atoms with Crippen LogP contribution in [0.3, 0.4) is 0 Å². The molecule has 0 aromatic heterocycles. The third kappa shape index (κ3) is 2.46. The van der Waals surface area contributed by atoms with E-state index in [1.54, 1.807) is 31.3 Å². The molecule has 80 valence electrons. The van der Waals surface area contributed by atoms with E-state index in [-0.39, 0.29) is 0 Å². The minimum atomic E-state index is -1.02. The molecule has 0 bridgehead atoms. The van der Waals surface area contributed by atoms with Gasteiger partial charge in [0.25, 0.3) is 0 Å². The zero-order valence-electron chi connectivity index (χ0n) is 8.54. The lowest BCUT2D eigenvalue weighted by Gasteiger charge is -2.15. The molecule has 0 spiro atoms. The molecule has 2 amide bonds. The molecule has 1 rings (SSSR count). The van der Waals surface area contributed by atoms with E-state index in [0.29, 0.717) is 17.8 Å². The SMILES string of the molecule is CN(C=O)c1ccc(N(C)C(=O)O)cc1. The van der Waals surface area contributed by atoms with E-state index in [4.69, 9.17) is 5.11 Å². The van der Waals surface area contributed by atoms with Crippen LogP contribution in [0.25, 0.3) is 0 Å². The predicted octanol–water partition coefficient (Wildman–Crippen LogP) is 1.39. The molecule has 0 fully saturated rings. The number of hydrogen-bond donors (Lipinski definition) is 1. The van der Waals surface area contributed by atoms with Gasteiger partial charge in [-0.15, -0.1) is 0 Å². The normalized spacial score (nSPS) is 9.47. The van der Waals surface area contributed by atoms with Crippen molar-refractivity contribution < 1.29 is 14.7 Å². The fourth-order valence-electron chi connectivity index (χ4n) is 1.08. The summed E-state index contributed by atoms with van der Waals surface area (Å²) in [6, 6.07) is 6.65. The minimum Gasteiger partial charge on any atom is -0.465 e. The molecular weight excluding hydrogens is 196 g/mol. The second kappa shape index (κ2) is 4.45. The molecule has 0 radical (unpaired) electrons. The first-order chi connectivity index (χ1) is 7.06. The van der Waals surface area contributed by atoms with Gasteiger partial charge >= 0.3 is 6.09 Å². The van der Waals surface area contributed by atoms with E-state index in [9.17, 15) is 9.59 Å². The first-order valence-electron chi connectivity index (χ1n) is 4.31. The first-order valence-corrected chi connectivity index (χ1v) is 4.31. The van der Waals surface area contributed by atoms with Crippen molar-refractivity contribution >= 4 is 23.9 Å². The maximum absolute atomic E-state index is 10.6. The molecule has 5 heteroatoms. The van der Waals surface area contributed by atoms with Crippen molar-refractivity contribution in [1.82, 2.24) is 0 Å². The highest BCUT2D eigenvalue weighted by atomic mass is 16.4. The molecule has 0 aliphatic carbocycles. The molecular formula is C10H12N2O3. The Hall–Kier alpha value is -2.04. The monoisotopic (exact) mass is 208 g/mol. The van der Waals surface area contributed by atoms with Crippen molar-refractivity contribution in [2.45, 2.75) is 0 Å². The molecule has 0 saturated carbocycles. The van der Waals surface area contributed by atoms with Crippen LogP contribution in [-0.4, -0.2) is 31.7 Å². The van der Waals surface area contributed by atoms with Crippen molar-refractivity contribution in [2.24, 2.45) is 0 Å². The summed E-state index contributed by atoms with van der Waals surface area (Å²) in [7, 11) is 3.09. The number of hydrogen-bond acceptors (Lipinski definition) is 2. The maximum atomic E-state index is 10.6. The molecule has 0 aliphatic heterocycles. The zero-order chi connectivity index (χ0) is 11.4. The Balaban J connectivity index is 2.89. The first kappa shape index (κ1) is 11.0. The second-order valence-electron chi connectivity index (χ2n) is 3.07. The van der Waals surface area contributed by atoms with E-state index < -0.39 is 6.09 Å². The molecule has 0 unspecified atom stereocenters. The molecule has 5 nitrogen and oxygen atoms in total. The standard InChI is InChI=1S/C10H12N2O3/c1-11(7-13)8-3-5-9(6-4-8)12(2)10(14)15/h3-7H,1-2H3,(H,14,15). The summed E-state index contributed by atoms with van der Waals surface area (Å²) in [5.41, 5.74) is 1.28. The van der Waals surface area contributed by atoms with Gasteiger partial charge in [-0.3, -0.25) is 9.69 Å². The lowest BCUT2D eigenvalue weighted by molar-refractivity contribution is -0.107. The van der Waals surface area contributed by atoms with Crippen molar-refractivity contribution in [3.63, 3.8) is 0 Å². The lowest BCUT2D eigenvalue weighted by Crippen LogP contribution is -2.23. The fraction of sp³-hybridized carbons (Fsp3) is 0.200. The second-order valence-corrected chi connectivity index (χ2v) is 3.07. The highest BCUT2D eigenvalue weighted by Gasteiger charge is 2.08. The average Bonchev–Trinajstić information content (AvgIpc) is 2.27. The molecule has 1 aromatic rings. The number of anilines is 2. The summed E-state index contributed by atoms with van der Waals surface area (Å²) in [6.45, 7) is 0. The smallest absolute Gasteiger partial charge is 0.411 e. The van der Waals surface area contributed by atoms with Gasteiger partial charge in [0.15, 0.2) is 0 Å². The summed E-state index contributed by atoms with van der Waals surface area (Å²) in [4.78, 5) is 23.6. The number of rotatable bonds is 3. The van der Waals surface area contributed by atoms with Crippen molar-refractivity contribution in [3.8, 4) is 0 Å². The van der Waals surface area contributed by atoms with E-state index in [2.05, 4.69) is 0 Å². The number of carboxylic acid groups (broad SMARTS) is 1. The number of nitrogens with zero attached hydrogens (tertiary/aromatic N) is 2.